The second-order valence-corrected chi connectivity index (χ2v) is 4.20. The van der Waals surface area contributed by atoms with E-state index in [2.05, 4.69) is 27.3 Å². The molecule has 0 saturated carbocycles. The summed E-state index contributed by atoms with van der Waals surface area (Å²) in [5.74, 6) is -1.46. The SMILES string of the molecule is COC(=O)c1ccn(CCI)c1CC(=O)O. The van der Waals surface area contributed by atoms with E-state index in [0.717, 1.165) is 4.43 Å². The van der Waals surface area contributed by atoms with Gasteiger partial charge in [-0.2, -0.15) is 0 Å². The molecule has 16 heavy (non-hydrogen) atoms. The Morgan fingerprint density at radius 3 is 2.75 bits per heavy atom. The van der Waals surface area contributed by atoms with Gasteiger partial charge in [0.2, 0.25) is 0 Å². The third kappa shape index (κ3) is 2.97. The number of hydrogen-bond donors (Lipinski definition) is 1. The smallest absolute Gasteiger partial charge is 0.339 e. The topological polar surface area (TPSA) is 68.5 Å². The minimum Gasteiger partial charge on any atom is -0.481 e. The molecule has 0 saturated heterocycles. The molecule has 0 unspecified atom stereocenters. The summed E-state index contributed by atoms with van der Waals surface area (Å²) in [5, 5.41) is 8.79. The van der Waals surface area contributed by atoms with Gasteiger partial charge in [0.25, 0.3) is 0 Å². The van der Waals surface area contributed by atoms with Gasteiger partial charge in [-0.05, 0) is 6.07 Å². The Balaban J connectivity index is 3.08. The van der Waals surface area contributed by atoms with Crippen molar-refractivity contribution in [3.8, 4) is 0 Å². The number of rotatable bonds is 5. The van der Waals surface area contributed by atoms with Crippen molar-refractivity contribution in [3.63, 3.8) is 0 Å². The zero-order valence-electron chi connectivity index (χ0n) is 8.77. The van der Waals surface area contributed by atoms with Crippen LogP contribution in [0.4, 0.5) is 0 Å². The molecule has 6 heteroatoms. The van der Waals surface area contributed by atoms with Crippen molar-refractivity contribution >= 4 is 34.5 Å². The summed E-state index contributed by atoms with van der Waals surface area (Å²) >= 11 is 2.19. The van der Waals surface area contributed by atoms with Crippen LogP contribution in [0.25, 0.3) is 0 Å². The maximum Gasteiger partial charge on any atom is 0.339 e. The third-order valence-corrected chi connectivity index (χ3v) is 2.61. The van der Waals surface area contributed by atoms with Crippen molar-refractivity contribution < 1.29 is 19.4 Å². The number of aromatic nitrogens is 1. The monoisotopic (exact) mass is 337 g/mol. The Bertz CT molecular complexity index is 400. The lowest BCUT2D eigenvalue weighted by Crippen LogP contribution is -2.13. The molecule has 0 amide bonds. The molecule has 1 heterocycles. The molecule has 0 spiro atoms. The first-order chi connectivity index (χ1) is 7.60. The van der Waals surface area contributed by atoms with Crippen molar-refractivity contribution in [2.24, 2.45) is 0 Å². The number of carboxylic acid groups (broad SMARTS) is 1. The quantitative estimate of drug-likeness (QED) is 0.500. The lowest BCUT2D eigenvalue weighted by atomic mass is 10.2. The predicted octanol–water partition coefficient (Wildman–Crippen LogP) is 1.34. The molecule has 88 valence electrons. The zero-order valence-corrected chi connectivity index (χ0v) is 10.9. The number of carbonyl (C=O) groups is 2. The molecule has 1 rings (SSSR count). The van der Waals surface area contributed by atoms with Crippen LogP contribution in [-0.4, -0.2) is 33.1 Å². The van der Waals surface area contributed by atoms with Crippen LogP contribution in [0.3, 0.4) is 0 Å². The minimum atomic E-state index is -0.960. The zero-order chi connectivity index (χ0) is 12.1. The summed E-state index contributed by atoms with van der Waals surface area (Å²) in [6, 6.07) is 1.59. The first kappa shape index (κ1) is 13.0. The highest BCUT2D eigenvalue weighted by molar-refractivity contribution is 14.1. The molecule has 0 atom stereocenters. The lowest BCUT2D eigenvalue weighted by Gasteiger charge is -2.07. The van der Waals surface area contributed by atoms with E-state index in [9.17, 15) is 9.59 Å². The van der Waals surface area contributed by atoms with Crippen LogP contribution in [0, 0.1) is 0 Å². The number of carboxylic acids is 1. The second kappa shape index (κ2) is 5.88. The van der Waals surface area contributed by atoms with Gasteiger partial charge in [-0.15, -0.1) is 0 Å². The fourth-order valence-electron chi connectivity index (χ4n) is 1.44. The van der Waals surface area contributed by atoms with E-state index < -0.39 is 11.9 Å². The molecule has 0 fully saturated rings. The molecule has 5 nitrogen and oxygen atoms in total. The highest BCUT2D eigenvalue weighted by Crippen LogP contribution is 2.14. The fraction of sp³-hybridized carbons (Fsp3) is 0.400. The number of nitrogens with zero attached hydrogens (tertiary/aromatic N) is 1. The number of carbonyl (C=O) groups excluding carboxylic acids is 1. The number of alkyl halides is 1. The standard InChI is InChI=1S/C10H12INO4/c1-16-10(15)7-2-4-12(5-3-11)8(7)6-9(13)14/h2,4H,3,5-6H2,1H3,(H,13,14). The molecular formula is C10H12INO4. The van der Waals surface area contributed by atoms with E-state index in [4.69, 9.17) is 5.11 Å². The van der Waals surface area contributed by atoms with Gasteiger partial charge in [0.05, 0.1) is 19.1 Å². The van der Waals surface area contributed by atoms with Crippen molar-refractivity contribution in [2.75, 3.05) is 11.5 Å². The minimum absolute atomic E-state index is 0.173. The molecule has 0 bridgehead atoms. The van der Waals surface area contributed by atoms with Gasteiger partial charge in [0, 0.05) is 22.9 Å². The van der Waals surface area contributed by atoms with Gasteiger partial charge in [-0.3, -0.25) is 4.79 Å². The molecule has 0 aliphatic heterocycles. The second-order valence-electron chi connectivity index (χ2n) is 3.12. The summed E-state index contributed by atoms with van der Waals surface area (Å²) in [7, 11) is 1.28. The van der Waals surface area contributed by atoms with Crippen LogP contribution in [0.2, 0.25) is 0 Å². The Labute approximate surface area is 107 Å². The van der Waals surface area contributed by atoms with Crippen LogP contribution < -0.4 is 0 Å². The lowest BCUT2D eigenvalue weighted by molar-refractivity contribution is -0.136. The van der Waals surface area contributed by atoms with E-state index in [0.29, 0.717) is 17.8 Å². The van der Waals surface area contributed by atoms with Gasteiger partial charge in [-0.1, -0.05) is 22.6 Å². The van der Waals surface area contributed by atoms with Crippen LogP contribution in [0.1, 0.15) is 16.1 Å². The van der Waals surface area contributed by atoms with Crippen LogP contribution in [0.15, 0.2) is 12.3 Å². The first-order valence-corrected chi connectivity index (χ1v) is 6.16. The number of halogens is 1. The average molecular weight is 337 g/mol. The average Bonchev–Trinajstić information content (AvgIpc) is 2.61. The number of esters is 1. The van der Waals surface area contributed by atoms with Crippen molar-refractivity contribution in [1.82, 2.24) is 4.57 Å². The van der Waals surface area contributed by atoms with Crippen molar-refractivity contribution in [1.29, 1.82) is 0 Å². The number of methoxy groups -OCH3 is 1. The summed E-state index contributed by atoms with van der Waals surface area (Å²) in [5.41, 5.74) is 0.825. The highest BCUT2D eigenvalue weighted by Gasteiger charge is 2.18. The molecule has 1 aromatic heterocycles. The first-order valence-electron chi connectivity index (χ1n) is 4.64. The molecule has 0 aliphatic carbocycles. The van der Waals surface area contributed by atoms with Gasteiger partial charge >= 0.3 is 11.9 Å². The van der Waals surface area contributed by atoms with E-state index in [1.54, 1.807) is 16.8 Å². The van der Waals surface area contributed by atoms with Gasteiger partial charge in [0.1, 0.15) is 0 Å². The number of hydrogen-bond acceptors (Lipinski definition) is 3. The van der Waals surface area contributed by atoms with E-state index in [1.165, 1.54) is 7.11 Å². The largest absolute Gasteiger partial charge is 0.481 e. The normalized spacial score (nSPS) is 10.1. The summed E-state index contributed by atoms with van der Waals surface area (Å²) < 4.78 is 7.22. The Morgan fingerprint density at radius 1 is 1.56 bits per heavy atom. The van der Waals surface area contributed by atoms with Crippen LogP contribution in [-0.2, 0) is 22.5 Å². The molecule has 0 aromatic carbocycles. The fourth-order valence-corrected chi connectivity index (χ4v) is 1.96. The Morgan fingerprint density at radius 2 is 2.25 bits per heavy atom. The van der Waals surface area contributed by atoms with Crippen LogP contribution in [0.5, 0.6) is 0 Å². The van der Waals surface area contributed by atoms with E-state index >= 15 is 0 Å². The molecule has 1 N–H and O–H groups in total. The maximum absolute atomic E-state index is 11.4. The molecule has 1 aromatic rings. The predicted molar refractivity (Wildman–Crippen MR) is 66.0 cm³/mol. The number of aliphatic carboxylic acids is 1. The Hall–Kier alpha value is -1.05. The van der Waals surface area contributed by atoms with Gasteiger partial charge < -0.3 is 14.4 Å². The van der Waals surface area contributed by atoms with Gasteiger partial charge in [-0.25, -0.2) is 4.79 Å². The van der Waals surface area contributed by atoms with Gasteiger partial charge in [0.15, 0.2) is 0 Å². The van der Waals surface area contributed by atoms with E-state index in [1.807, 2.05) is 0 Å². The molecule has 0 radical (unpaired) electrons. The van der Waals surface area contributed by atoms with E-state index in [-0.39, 0.29) is 6.42 Å². The van der Waals surface area contributed by atoms with Crippen molar-refractivity contribution in [2.45, 2.75) is 13.0 Å². The highest BCUT2D eigenvalue weighted by atomic mass is 127. The number of ether oxygens (including phenoxy) is 1. The Kier molecular flexibility index (Phi) is 4.78. The number of aryl methyl sites for hydroxylation is 1. The summed E-state index contributed by atoms with van der Waals surface area (Å²) in [4.78, 5) is 22.1. The molecular weight excluding hydrogens is 325 g/mol. The summed E-state index contributed by atoms with van der Waals surface area (Å²) in [6.07, 6.45) is 1.54. The third-order valence-electron chi connectivity index (χ3n) is 2.13. The summed E-state index contributed by atoms with van der Waals surface area (Å²) in [6.45, 7) is 0.681. The van der Waals surface area contributed by atoms with Crippen molar-refractivity contribution in [3.05, 3.63) is 23.5 Å². The molecule has 0 aliphatic rings. The van der Waals surface area contributed by atoms with Crippen LogP contribution >= 0.6 is 22.6 Å². The maximum atomic E-state index is 11.4.